The number of hydrogen-bond acceptors (Lipinski definition) is 2. The summed E-state index contributed by atoms with van der Waals surface area (Å²) in [5, 5.41) is 17.5. The van der Waals surface area contributed by atoms with Gasteiger partial charge >= 0.3 is 11.9 Å². The first kappa shape index (κ1) is 11.5. The van der Waals surface area contributed by atoms with Gasteiger partial charge in [-0.25, -0.2) is 13.6 Å². The molecule has 0 atom stereocenters. The van der Waals surface area contributed by atoms with Gasteiger partial charge in [0, 0.05) is 0 Å². The van der Waals surface area contributed by atoms with Crippen LogP contribution in [0.3, 0.4) is 0 Å². The molecule has 2 rings (SSSR count). The maximum absolute atomic E-state index is 13.4. The molecule has 1 fully saturated rings. The van der Waals surface area contributed by atoms with Gasteiger partial charge < -0.3 is 10.2 Å². The van der Waals surface area contributed by atoms with E-state index in [4.69, 9.17) is 10.2 Å². The van der Waals surface area contributed by atoms with E-state index >= 15 is 0 Å². The average Bonchev–Trinajstić information content (AvgIpc) is 2.95. The Balaban J connectivity index is 2.54. The topological polar surface area (TPSA) is 74.6 Å². The lowest BCUT2D eigenvalue weighted by molar-refractivity contribution is -0.140. The van der Waals surface area contributed by atoms with E-state index in [1.54, 1.807) is 0 Å². The Hall–Kier alpha value is -1.98. The second kappa shape index (κ2) is 3.51. The molecule has 1 saturated carbocycles. The molecule has 0 heterocycles. The molecule has 1 aliphatic carbocycles. The zero-order valence-corrected chi connectivity index (χ0v) is 8.54. The first-order chi connectivity index (χ1) is 7.88. The molecule has 0 radical (unpaired) electrons. The molecule has 6 heteroatoms. The van der Waals surface area contributed by atoms with Crippen molar-refractivity contribution in [2.75, 3.05) is 0 Å². The molecule has 1 aromatic rings. The van der Waals surface area contributed by atoms with Gasteiger partial charge in [-0.05, 0) is 30.5 Å². The Morgan fingerprint density at radius 1 is 1.12 bits per heavy atom. The van der Waals surface area contributed by atoms with Gasteiger partial charge in [-0.15, -0.1) is 0 Å². The normalized spacial score (nSPS) is 16.6. The number of benzene rings is 1. The number of hydrogen-bond donors (Lipinski definition) is 2. The van der Waals surface area contributed by atoms with E-state index in [2.05, 4.69) is 0 Å². The molecule has 0 spiro atoms. The molecule has 90 valence electrons. The summed E-state index contributed by atoms with van der Waals surface area (Å²) in [5.41, 5.74) is -2.33. The lowest BCUT2D eigenvalue weighted by Gasteiger charge is -2.11. The standard InChI is InChI=1S/C11H8F2O4/c12-6-3-5(11(1-2-11)10(16)17)4-7(13)8(6)9(14)15/h3-4H,1-2H2,(H,14,15)(H,16,17). The fraction of sp³-hybridized carbons (Fsp3) is 0.273. The number of carboxylic acids is 2. The maximum Gasteiger partial charge on any atom is 0.341 e. The predicted molar refractivity (Wildman–Crippen MR) is 51.9 cm³/mol. The second-order valence-electron chi connectivity index (χ2n) is 4.01. The van der Waals surface area contributed by atoms with Crippen molar-refractivity contribution in [3.8, 4) is 0 Å². The highest BCUT2D eigenvalue weighted by Crippen LogP contribution is 2.48. The number of aliphatic carboxylic acids is 1. The lowest BCUT2D eigenvalue weighted by atomic mass is 9.94. The average molecular weight is 242 g/mol. The Kier molecular flexibility index (Phi) is 2.38. The van der Waals surface area contributed by atoms with Crippen LogP contribution in [0.15, 0.2) is 12.1 Å². The lowest BCUT2D eigenvalue weighted by Crippen LogP contribution is -2.20. The van der Waals surface area contributed by atoms with Gasteiger partial charge in [0.05, 0.1) is 5.41 Å². The Morgan fingerprint density at radius 3 is 1.88 bits per heavy atom. The summed E-state index contributed by atoms with van der Waals surface area (Å²) < 4.78 is 26.7. The third-order valence-corrected chi connectivity index (χ3v) is 2.97. The summed E-state index contributed by atoms with van der Waals surface area (Å²) in [6.45, 7) is 0. The maximum atomic E-state index is 13.4. The first-order valence-electron chi connectivity index (χ1n) is 4.85. The van der Waals surface area contributed by atoms with Crippen LogP contribution in [0.5, 0.6) is 0 Å². The highest BCUT2D eigenvalue weighted by molar-refractivity contribution is 5.89. The zero-order chi connectivity index (χ0) is 12.8. The van der Waals surface area contributed by atoms with Crippen LogP contribution in [0.1, 0.15) is 28.8 Å². The van der Waals surface area contributed by atoms with Gasteiger partial charge in [-0.1, -0.05) is 0 Å². The highest BCUT2D eigenvalue weighted by atomic mass is 19.1. The molecule has 0 aliphatic heterocycles. The van der Waals surface area contributed by atoms with E-state index in [1.165, 1.54) is 0 Å². The van der Waals surface area contributed by atoms with Gasteiger partial charge in [-0.2, -0.15) is 0 Å². The number of carboxylic acid groups (broad SMARTS) is 2. The fourth-order valence-electron chi connectivity index (χ4n) is 1.80. The second-order valence-corrected chi connectivity index (χ2v) is 4.01. The van der Waals surface area contributed by atoms with E-state index in [-0.39, 0.29) is 5.56 Å². The summed E-state index contributed by atoms with van der Waals surface area (Å²) >= 11 is 0. The summed E-state index contributed by atoms with van der Waals surface area (Å²) in [6, 6.07) is 1.57. The minimum absolute atomic E-state index is 0.0231. The molecule has 2 N–H and O–H groups in total. The summed E-state index contributed by atoms with van der Waals surface area (Å²) in [7, 11) is 0. The molecule has 0 aromatic heterocycles. The summed E-state index contributed by atoms with van der Waals surface area (Å²) in [4.78, 5) is 21.5. The highest BCUT2D eigenvalue weighted by Gasteiger charge is 2.52. The van der Waals surface area contributed by atoms with Gasteiger partial charge in [0.25, 0.3) is 0 Å². The fourth-order valence-corrected chi connectivity index (χ4v) is 1.80. The van der Waals surface area contributed by atoms with Crippen molar-refractivity contribution in [3.05, 3.63) is 34.9 Å². The number of halogens is 2. The first-order valence-corrected chi connectivity index (χ1v) is 4.85. The third kappa shape index (κ3) is 1.65. The van der Waals surface area contributed by atoms with Crippen molar-refractivity contribution in [1.29, 1.82) is 0 Å². The molecule has 0 unspecified atom stereocenters. The van der Waals surface area contributed by atoms with Crippen molar-refractivity contribution in [2.24, 2.45) is 0 Å². The quantitative estimate of drug-likeness (QED) is 0.847. The van der Waals surface area contributed by atoms with Crippen molar-refractivity contribution in [1.82, 2.24) is 0 Å². The SMILES string of the molecule is O=C(O)c1c(F)cc(C2(C(=O)O)CC2)cc1F. The van der Waals surface area contributed by atoms with Crippen LogP contribution in [-0.4, -0.2) is 22.2 Å². The molecule has 1 aromatic carbocycles. The van der Waals surface area contributed by atoms with Crippen molar-refractivity contribution >= 4 is 11.9 Å². The molecule has 4 nitrogen and oxygen atoms in total. The largest absolute Gasteiger partial charge is 0.481 e. The molecule has 0 saturated heterocycles. The van der Waals surface area contributed by atoms with Gasteiger partial charge in [0.15, 0.2) is 0 Å². The van der Waals surface area contributed by atoms with E-state index in [0.29, 0.717) is 12.8 Å². The number of rotatable bonds is 3. The smallest absolute Gasteiger partial charge is 0.341 e. The van der Waals surface area contributed by atoms with Crippen LogP contribution in [0, 0.1) is 11.6 Å². The number of aromatic carboxylic acids is 1. The molecule has 1 aliphatic rings. The Labute approximate surface area is 94.5 Å². The van der Waals surface area contributed by atoms with Crippen LogP contribution < -0.4 is 0 Å². The third-order valence-electron chi connectivity index (χ3n) is 2.97. The minimum atomic E-state index is -1.72. The van der Waals surface area contributed by atoms with E-state index in [0.717, 1.165) is 12.1 Å². The van der Waals surface area contributed by atoms with E-state index in [9.17, 15) is 18.4 Å². The molecule has 17 heavy (non-hydrogen) atoms. The van der Waals surface area contributed by atoms with E-state index < -0.39 is 34.6 Å². The van der Waals surface area contributed by atoms with Crippen molar-refractivity contribution in [3.63, 3.8) is 0 Å². The molecular formula is C11H8F2O4. The molecular weight excluding hydrogens is 234 g/mol. The predicted octanol–water partition coefficient (Wildman–Crippen LogP) is 1.78. The van der Waals surface area contributed by atoms with Gasteiger partial charge in [0.1, 0.15) is 17.2 Å². The van der Waals surface area contributed by atoms with Gasteiger partial charge in [0.2, 0.25) is 0 Å². The zero-order valence-electron chi connectivity index (χ0n) is 8.54. The van der Waals surface area contributed by atoms with Crippen LogP contribution in [0.25, 0.3) is 0 Å². The van der Waals surface area contributed by atoms with E-state index in [1.807, 2.05) is 0 Å². The van der Waals surface area contributed by atoms with Crippen LogP contribution in [0.4, 0.5) is 8.78 Å². The van der Waals surface area contributed by atoms with Crippen LogP contribution >= 0.6 is 0 Å². The molecule has 0 bridgehead atoms. The van der Waals surface area contributed by atoms with Gasteiger partial charge in [-0.3, -0.25) is 4.79 Å². The molecule has 0 amide bonds. The Morgan fingerprint density at radius 2 is 1.59 bits per heavy atom. The minimum Gasteiger partial charge on any atom is -0.481 e. The van der Waals surface area contributed by atoms with Crippen molar-refractivity contribution < 1.29 is 28.6 Å². The monoisotopic (exact) mass is 242 g/mol. The summed E-state index contributed by atoms with van der Waals surface area (Å²) in [5.74, 6) is -5.37. The van der Waals surface area contributed by atoms with Crippen LogP contribution in [-0.2, 0) is 10.2 Å². The summed E-state index contributed by atoms with van der Waals surface area (Å²) in [6.07, 6.45) is 0.598. The number of carbonyl (C=O) groups is 2. The van der Waals surface area contributed by atoms with Crippen molar-refractivity contribution in [2.45, 2.75) is 18.3 Å². The Bertz CT molecular complexity index is 497. The van der Waals surface area contributed by atoms with Crippen LogP contribution in [0.2, 0.25) is 0 Å².